The quantitative estimate of drug-likeness (QED) is 0.304. The molecule has 39 heavy (non-hydrogen) atoms. The van der Waals surface area contributed by atoms with Gasteiger partial charge in [0, 0.05) is 6.04 Å². The molecule has 0 spiro atoms. The molecule has 0 aliphatic heterocycles. The number of hydrogen-bond donors (Lipinski definition) is 3. The second-order valence-electron chi connectivity index (χ2n) is 11.2. The molecule has 214 valence electrons. The van der Waals surface area contributed by atoms with Gasteiger partial charge >= 0.3 is 6.09 Å². The van der Waals surface area contributed by atoms with Crippen molar-refractivity contribution in [2.45, 2.75) is 92.0 Å². The monoisotopic (exact) mass is 559 g/mol. The third-order valence-corrected chi connectivity index (χ3v) is 6.51. The second kappa shape index (κ2) is 13.7. The molecular weight excluding hydrogens is 518 g/mol. The van der Waals surface area contributed by atoms with E-state index >= 15 is 0 Å². The number of halogens is 1. The van der Waals surface area contributed by atoms with E-state index in [2.05, 4.69) is 10.6 Å². The van der Waals surface area contributed by atoms with Crippen LogP contribution in [-0.4, -0.2) is 45.6 Å². The number of amides is 3. The number of carbonyl (C=O) groups is 3. The molecule has 2 rings (SSSR count). The zero-order valence-electron chi connectivity index (χ0n) is 24.2. The van der Waals surface area contributed by atoms with E-state index in [-0.39, 0.29) is 11.7 Å². The molecule has 9 heteroatoms. The summed E-state index contributed by atoms with van der Waals surface area (Å²) in [6.45, 7) is 14.7. The van der Waals surface area contributed by atoms with Crippen LogP contribution in [-0.2, 0) is 14.3 Å². The Labute approximate surface area is 237 Å². The fourth-order valence-corrected chi connectivity index (χ4v) is 4.50. The lowest BCUT2D eigenvalue weighted by molar-refractivity contribution is -0.143. The van der Waals surface area contributed by atoms with Crippen LogP contribution >= 0.6 is 11.6 Å². The lowest BCUT2D eigenvalue weighted by Gasteiger charge is -2.38. The Morgan fingerprint density at radius 3 is 2.26 bits per heavy atom. The maximum Gasteiger partial charge on any atom is 0.408 e. The van der Waals surface area contributed by atoms with Crippen molar-refractivity contribution in [2.24, 2.45) is 5.92 Å². The Kier molecular flexibility index (Phi) is 11.2. The topological polar surface area (TPSA) is 108 Å². The van der Waals surface area contributed by atoms with Gasteiger partial charge in [0.1, 0.15) is 23.4 Å². The molecule has 3 atom stereocenters. The second-order valence-corrected chi connectivity index (χ2v) is 11.7. The van der Waals surface area contributed by atoms with Crippen molar-refractivity contribution >= 4 is 35.2 Å². The summed E-state index contributed by atoms with van der Waals surface area (Å²) in [4.78, 5) is 42.5. The molecule has 3 N–H and O–H groups in total. The molecule has 2 aromatic carbocycles. The van der Waals surface area contributed by atoms with Crippen molar-refractivity contribution < 1.29 is 24.2 Å². The minimum Gasteiger partial charge on any atom is -0.508 e. The minimum absolute atomic E-state index is 0.0404. The molecule has 0 heterocycles. The van der Waals surface area contributed by atoms with Crippen LogP contribution in [0.15, 0.2) is 42.5 Å². The van der Waals surface area contributed by atoms with E-state index in [4.69, 9.17) is 16.3 Å². The standard InChI is InChI=1S/C30H42ClN3O5/c1-9-20(5)34(28(37)24(16-18(2)3)32-29(38)39-30(6,7)8)26(21-13-11-14-22(35)17-21)27(36)33-25-19(4)12-10-15-23(25)31/h10-15,17-18,20,24,26,35H,9,16H2,1-8H3,(H,32,38)(H,33,36). The molecule has 3 unspecified atom stereocenters. The van der Waals surface area contributed by atoms with Crippen molar-refractivity contribution in [2.75, 3.05) is 5.32 Å². The molecule has 3 amide bonds. The van der Waals surface area contributed by atoms with E-state index in [0.717, 1.165) is 5.56 Å². The SMILES string of the molecule is CCC(C)N(C(=O)C(CC(C)C)NC(=O)OC(C)(C)C)C(C(=O)Nc1c(C)cccc1Cl)c1cccc(O)c1. The summed E-state index contributed by atoms with van der Waals surface area (Å²) in [6.07, 6.45) is 0.166. The zero-order valence-corrected chi connectivity index (χ0v) is 24.9. The molecular formula is C30H42ClN3O5. The molecule has 0 fully saturated rings. The molecule has 0 radical (unpaired) electrons. The average Bonchev–Trinajstić information content (AvgIpc) is 2.82. The summed E-state index contributed by atoms with van der Waals surface area (Å²) in [7, 11) is 0. The molecule has 8 nitrogen and oxygen atoms in total. The van der Waals surface area contributed by atoms with Gasteiger partial charge in [-0.15, -0.1) is 0 Å². The minimum atomic E-state index is -1.12. The zero-order chi connectivity index (χ0) is 29.5. The summed E-state index contributed by atoms with van der Waals surface area (Å²) >= 11 is 6.40. The number of hydrogen-bond acceptors (Lipinski definition) is 5. The molecule has 0 aromatic heterocycles. The first kappa shape index (κ1) is 32.0. The van der Waals surface area contributed by atoms with Gasteiger partial charge in [0.2, 0.25) is 5.91 Å². The lowest BCUT2D eigenvalue weighted by atomic mass is 9.97. The van der Waals surface area contributed by atoms with Gasteiger partial charge in [-0.25, -0.2) is 4.79 Å². The first-order chi connectivity index (χ1) is 18.1. The Hall–Kier alpha value is -3.26. The fraction of sp³-hybridized carbons (Fsp3) is 0.500. The van der Waals surface area contributed by atoms with E-state index in [0.29, 0.717) is 29.1 Å². The normalized spacial score (nSPS) is 13.8. The van der Waals surface area contributed by atoms with Gasteiger partial charge < -0.3 is 25.4 Å². The van der Waals surface area contributed by atoms with E-state index in [1.807, 2.05) is 40.7 Å². The number of phenolic OH excluding ortho intramolecular Hbond substituents is 1. The molecule has 0 aliphatic carbocycles. The number of aryl methyl sites for hydroxylation is 1. The Morgan fingerprint density at radius 1 is 1.08 bits per heavy atom. The highest BCUT2D eigenvalue weighted by Crippen LogP contribution is 2.32. The van der Waals surface area contributed by atoms with E-state index in [1.165, 1.54) is 17.0 Å². The van der Waals surface area contributed by atoms with E-state index in [9.17, 15) is 19.5 Å². The van der Waals surface area contributed by atoms with Gasteiger partial charge in [0.25, 0.3) is 5.91 Å². The smallest absolute Gasteiger partial charge is 0.408 e. The van der Waals surface area contributed by atoms with E-state index in [1.54, 1.807) is 45.0 Å². The third kappa shape index (κ3) is 9.17. The van der Waals surface area contributed by atoms with Gasteiger partial charge in [-0.05, 0) is 82.7 Å². The van der Waals surface area contributed by atoms with Crippen molar-refractivity contribution in [3.8, 4) is 5.75 Å². The van der Waals surface area contributed by atoms with Gasteiger partial charge in [0.05, 0.1) is 10.7 Å². The Bertz CT molecular complexity index is 1140. The van der Waals surface area contributed by atoms with Crippen LogP contribution in [0.25, 0.3) is 0 Å². The maximum atomic E-state index is 14.3. The molecule has 0 saturated heterocycles. The van der Waals surface area contributed by atoms with Gasteiger partial charge in [0.15, 0.2) is 0 Å². The van der Waals surface area contributed by atoms with Crippen LogP contribution in [0.5, 0.6) is 5.75 Å². The Morgan fingerprint density at radius 2 is 1.72 bits per heavy atom. The molecule has 0 aliphatic rings. The predicted octanol–water partition coefficient (Wildman–Crippen LogP) is 6.60. The summed E-state index contributed by atoms with van der Waals surface area (Å²) < 4.78 is 5.43. The predicted molar refractivity (Wildman–Crippen MR) is 155 cm³/mol. The molecule has 0 bridgehead atoms. The van der Waals surface area contributed by atoms with E-state index < -0.39 is 41.6 Å². The van der Waals surface area contributed by atoms with Crippen LogP contribution < -0.4 is 10.6 Å². The number of aromatic hydroxyl groups is 1. The van der Waals surface area contributed by atoms with Crippen molar-refractivity contribution in [3.63, 3.8) is 0 Å². The summed E-state index contributed by atoms with van der Waals surface area (Å²) in [6, 6.07) is 9.10. The summed E-state index contributed by atoms with van der Waals surface area (Å²) in [5.41, 5.74) is 0.877. The maximum absolute atomic E-state index is 14.3. The van der Waals surface area contributed by atoms with Crippen LogP contribution in [0.2, 0.25) is 5.02 Å². The van der Waals surface area contributed by atoms with Gasteiger partial charge in [-0.1, -0.05) is 56.6 Å². The number of benzene rings is 2. The highest BCUT2D eigenvalue weighted by Gasteiger charge is 2.39. The van der Waals surface area contributed by atoms with Gasteiger partial charge in [-0.2, -0.15) is 0 Å². The molecule has 0 saturated carbocycles. The number of carbonyl (C=O) groups excluding carboxylic acids is 3. The highest BCUT2D eigenvalue weighted by atomic mass is 35.5. The van der Waals surface area contributed by atoms with Crippen molar-refractivity contribution in [1.29, 1.82) is 0 Å². The highest BCUT2D eigenvalue weighted by molar-refractivity contribution is 6.34. The van der Waals surface area contributed by atoms with Crippen molar-refractivity contribution in [3.05, 3.63) is 58.6 Å². The summed E-state index contributed by atoms with van der Waals surface area (Å²) in [5, 5.41) is 16.3. The summed E-state index contributed by atoms with van der Waals surface area (Å²) in [5.74, 6) is -0.901. The first-order valence-corrected chi connectivity index (χ1v) is 13.7. The van der Waals surface area contributed by atoms with Crippen LogP contribution in [0.4, 0.5) is 10.5 Å². The fourth-order valence-electron chi connectivity index (χ4n) is 4.23. The number of alkyl carbamates (subject to hydrolysis) is 1. The Balaban J connectivity index is 2.61. The largest absolute Gasteiger partial charge is 0.508 e. The van der Waals surface area contributed by atoms with Crippen molar-refractivity contribution in [1.82, 2.24) is 10.2 Å². The number of phenols is 1. The van der Waals surface area contributed by atoms with Crippen LogP contribution in [0, 0.1) is 12.8 Å². The number of rotatable bonds is 10. The van der Waals surface area contributed by atoms with Gasteiger partial charge in [-0.3, -0.25) is 9.59 Å². The number of ether oxygens (including phenoxy) is 1. The third-order valence-electron chi connectivity index (χ3n) is 6.20. The number of nitrogens with one attached hydrogen (secondary N) is 2. The number of nitrogens with zero attached hydrogens (tertiary/aromatic N) is 1. The average molecular weight is 560 g/mol. The number of anilines is 1. The lowest BCUT2D eigenvalue weighted by Crippen LogP contribution is -2.55. The van der Waals surface area contributed by atoms with Crippen LogP contribution in [0.1, 0.15) is 78.5 Å². The van der Waals surface area contributed by atoms with Crippen LogP contribution in [0.3, 0.4) is 0 Å². The first-order valence-electron chi connectivity index (χ1n) is 13.3. The molecule has 2 aromatic rings. The number of para-hydroxylation sites is 1.